The predicted octanol–water partition coefficient (Wildman–Crippen LogP) is 2.50. The molecule has 2 aromatic rings. The maximum absolute atomic E-state index is 11.3. The van der Waals surface area contributed by atoms with Gasteiger partial charge >= 0.3 is 5.97 Å². The molecule has 1 N–H and O–H groups in total. The zero-order valence-corrected chi connectivity index (χ0v) is 12.8. The van der Waals surface area contributed by atoms with Gasteiger partial charge in [-0.1, -0.05) is 18.2 Å². The zero-order valence-electron chi connectivity index (χ0n) is 12.8. The molecular formula is C17H21N3O2. The van der Waals surface area contributed by atoms with Crippen LogP contribution >= 0.6 is 0 Å². The van der Waals surface area contributed by atoms with E-state index >= 15 is 0 Å². The number of carboxylic acids is 1. The maximum atomic E-state index is 11.3. The van der Waals surface area contributed by atoms with E-state index in [4.69, 9.17) is 0 Å². The van der Waals surface area contributed by atoms with Gasteiger partial charge in [0.25, 0.3) is 0 Å². The van der Waals surface area contributed by atoms with Gasteiger partial charge in [-0.25, -0.2) is 4.79 Å². The Bertz CT molecular complexity index is 657. The smallest absolute Gasteiger partial charge is 0.336 e. The second-order valence-corrected chi connectivity index (χ2v) is 5.93. The fraction of sp³-hybridized carbons (Fsp3) is 0.412. The van der Waals surface area contributed by atoms with E-state index in [-0.39, 0.29) is 0 Å². The molecule has 1 saturated heterocycles. The van der Waals surface area contributed by atoms with Gasteiger partial charge in [-0.15, -0.1) is 0 Å². The van der Waals surface area contributed by atoms with Crippen LogP contribution in [-0.4, -0.2) is 38.8 Å². The molecule has 0 bridgehead atoms. The molecule has 0 amide bonds. The molecule has 5 nitrogen and oxygen atoms in total. The van der Waals surface area contributed by atoms with Gasteiger partial charge in [0.05, 0.1) is 11.3 Å². The molecule has 2 heterocycles. The lowest BCUT2D eigenvalue weighted by atomic mass is 9.93. The summed E-state index contributed by atoms with van der Waals surface area (Å²) in [5, 5.41) is 13.8. The Kier molecular flexibility index (Phi) is 4.24. The SMILES string of the molecule is Cn1ccc(C2CCN(Cc3ccccc3C(=O)O)CC2)n1. The van der Waals surface area contributed by atoms with Gasteiger partial charge in [-0.2, -0.15) is 5.10 Å². The Labute approximate surface area is 130 Å². The van der Waals surface area contributed by atoms with Crippen molar-refractivity contribution in [3.63, 3.8) is 0 Å². The van der Waals surface area contributed by atoms with E-state index in [1.165, 1.54) is 5.69 Å². The number of hydrogen-bond acceptors (Lipinski definition) is 3. The molecule has 1 fully saturated rings. The Morgan fingerprint density at radius 3 is 2.64 bits per heavy atom. The van der Waals surface area contributed by atoms with E-state index < -0.39 is 5.97 Å². The van der Waals surface area contributed by atoms with Crippen LogP contribution in [0.25, 0.3) is 0 Å². The van der Waals surface area contributed by atoms with Crippen LogP contribution in [0.3, 0.4) is 0 Å². The number of hydrogen-bond donors (Lipinski definition) is 1. The second kappa shape index (κ2) is 6.32. The zero-order chi connectivity index (χ0) is 15.5. The fourth-order valence-electron chi connectivity index (χ4n) is 3.15. The van der Waals surface area contributed by atoms with Crippen LogP contribution in [0.5, 0.6) is 0 Å². The summed E-state index contributed by atoms with van der Waals surface area (Å²) in [5.74, 6) is -0.328. The number of aromatic carboxylic acids is 1. The molecule has 0 spiro atoms. The summed E-state index contributed by atoms with van der Waals surface area (Å²) in [6, 6.07) is 9.37. The van der Waals surface area contributed by atoms with Gasteiger partial charge in [0.15, 0.2) is 0 Å². The predicted molar refractivity (Wildman–Crippen MR) is 83.9 cm³/mol. The second-order valence-electron chi connectivity index (χ2n) is 5.93. The summed E-state index contributed by atoms with van der Waals surface area (Å²) < 4.78 is 1.85. The number of likely N-dealkylation sites (tertiary alicyclic amines) is 1. The van der Waals surface area contributed by atoms with Crippen LogP contribution in [0, 0.1) is 0 Å². The van der Waals surface area contributed by atoms with Gasteiger partial charge in [0.1, 0.15) is 0 Å². The van der Waals surface area contributed by atoms with Crippen LogP contribution in [0.2, 0.25) is 0 Å². The van der Waals surface area contributed by atoms with Gasteiger partial charge in [0, 0.05) is 25.7 Å². The topological polar surface area (TPSA) is 58.4 Å². The van der Waals surface area contributed by atoms with Crippen molar-refractivity contribution in [1.29, 1.82) is 0 Å². The van der Waals surface area contributed by atoms with E-state index in [1.807, 2.05) is 30.1 Å². The number of carboxylic acid groups (broad SMARTS) is 1. The van der Waals surface area contributed by atoms with Gasteiger partial charge in [0.2, 0.25) is 0 Å². The highest BCUT2D eigenvalue weighted by Crippen LogP contribution is 2.27. The van der Waals surface area contributed by atoms with Crippen molar-refractivity contribution in [3.05, 3.63) is 53.3 Å². The Morgan fingerprint density at radius 2 is 2.00 bits per heavy atom. The Morgan fingerprint density at radius 1 is 1.27 bits per heavy atom. The average Bonchev–Trinajstić information content (AvgIpc) is 2.95. The normalized spacial score (nSPS) is 16.8. The number of rotatable bonds is 4. The maximum Gasteiger partial charge on any atom is 0.336 e. The molecule has 0 radical (unpaired) electrons. The van der Waals surface area contributed by atoms with Crippen molar-refractivity contribution in [3.8, 4) is 0 Å². The first kappa shape index (κ1) is 14.8. The number of aryl methyl sites for hydroxylation is 1. The van der Waals surface area contributed by atoms with Crippen LogP contribution < -0.4 is 0 Å². The molecular weight excluding hydrogens is 278 g/mol. The van der Waals surface area contributed by atoms with Crippen molar-refractivity contribution in [1.82, 2.24) is 14.7 Å². The fourth-order valence-corrected chi connectivity index (χ4v) is 3.15. The summed E-state index contributed by atoms with van der Waals surface area (Å²) in [6.45, 7) is 2.67. The van der Waals surface area contributed by atoms with Gasteiger partial charge in [-0.05, 0) is 43.6 Å². The lowest BCUT2D eigenvalue weighted by molar-refractivity contribution is 0.0694. The quantitative estimate of drug-likeness (QED) is 0.942. The highest BCUT2D eigenvalue weighted by Gasteiger charge is 2.23. The number of aromatic nitrogens is 2. The molecule has 0 saturated carbocycles. The van der Waals surface area contributed by atoms with Crippen molar-refractivity contribution in [2.24, 2.45) is 7.05 Å². The minimum Gasteiger partial charge on any atom is -0.478 e. The molecule has 0 unspecified atom stereocenters. The average molecular weight is 299 g/mol. The van der Waals surface area contributed by atoms with Crippen LogP contribution in [0.4, 0.5) is 0 Å². The van der Waals surface area contributed by atoms with Gasteiger partial charge < -0.3 is 5.11 Å². The minimum absolute atomic E-state index is 0.411. The molecule has 1 aromatic heterocycles. The highest BCUT2D eigenvalue weighted by atomic mass is 16.4. The molecule has 116 valence electrons. The highest BCUT2D eigenvalue weighted by molar-refractivity contribution is 5.89. The summed E-state index contributed by atoms with van der Waals surface area (Å²) >= 11 is 0. The molecule has 0 atom stereocenters. The third-order valence-corrected chi connectivity index (χ3v) is 4.38. The third kappa shape index (κ3) is 3.20. The van der Waals surface area contributed by atoms with Crippen molar-refractivity contribution < 1.29 is 9.90 Å². The first-order chi connectivity index (χ1) is 10.6. The summed E-state index contributed by atoms with van der Waals surface area (Å²) in [7, 11) is 1.95. The number of nitrogens with zero attached hydrogens (tertiary/aromatic N) is 3. The van der Waals surface area contributed by atoms with Crippen molar-refractivity contribution in [2.45, 2.75) is 25.3 Å². The van der Waals surface area contributed by atoms with E-state index in [0.29, 0.717) is 18.0 Å². The van der Waals surface area contributed by atoms with E-state index in [2.05, 4.69) is 16.1 Å². The Balaban J connectivity index is 1.62. The molecule has 22 heavy (non-hydrogen) atoms. The van der Waals surface area contributed by atoms with Crippen LogP contribution in [0.15, 0.2) is 36.5 Å². The molecule has 3 rings (SSSR count). The largest absolute Gasteiger partial charge is 0.478 e. The summed E-state index contributed by atoms with van der Waals surface area (Å²) in [4.78, 5) is 13.6. The lowest BCUT2D eigenvalue weighted by Crippen LogP contribution is -2.33. The summed E-state index contributed by atoms with van der Waals surface area (Å²) in [5.41, 5.74) is 2.48. The third-order valence-electron chi connectivity index (χ3n) is 4.38. The molecule has 1 aliphatic heterocycles. The van der Waals surface area contributed by atoms with Crippen LogP contribution in [-0.2, 0) is 13.6 Å². The van der Waals surface area contributed by atoms with E-state index in [1.54, 1.807) is 12.1 Å². The molecule has 1 aliphatic rings. The number of piperidine rings is 1. The molecule has 1 aromatic carbocycles. The van der Waals surface area contributed by atoms with E-state index in [0.717, 1.165) is 31.5 Å². The molecule has 5 heteroatoms. The minimum atomic E-state index is -0.848. The lowest BCUT2D eigenvalue weighted by Gasteiger charge is -2.31. The standard InChI is InChI=1S/C17H21N3O2/c1-19-9-8-16(18-19)13-6-10-20(11-7-13)12-14-4-2-3-5-15(14)17(21)22/h2-5,8-9,13H,6-7,10-12H2,1H3,(H,21,22). The number of benzene rings is 1. The van der Waals surface area contributed by atoms with Gasteiger partial charge in [-0.3, -0.25) is 9.58 Å². The first-order valence-corrected chi connectivity index (χ1v) is 7.66. The number of carbonyl (C=O) groups is 1. The van der Waals surface area contributed by atoms with Crippen molar-refractivity contribution >= 4 is 5.97 Å². The Hall–Kier alpha value is -2.14. The van der Waals surface area contributed by atoms with Crippen LogP contribution in [0.1, 0.15) is 40.4 Å². The van der Waals surface area contributed by atoms with Crippen molar-refractivity contribution in [2.75, 3.05) is 13.1 Å². The first-order valence-electron chi connectivity index (χ1n) is 7.66. The van der Waals surface area contributed by atoms with E-state index in [9.17, 15) is 9.90 Å². The summed E-state index contributed by atoms with van der Waals surface area (Å²) in [6.07, 6.45) is 4.14. The molecule has 0 aliphatic carbocycles. The monoisotopic (exact) mass is 299 g/mol.